The van der Waals surface area contributed by atoms with Crippen LogP contribution in [-0.2, 0) is 15.8 Å². The number of benzene rings is 2. The first-order valence-corrected chi connectivity index (χ1v) is 7.95. The van der Waals surface area contributed by atoms with Crippen molar-refractivity contribution in [3.8, 4) is 6.07 Å². The molecule has 0 spiro atoms. The normalized spacial score (nSPS) is 10.7. The summed E-state index contributed by atoms with van der Waals surface area (Å²) in [5.74, 6) is -0.132. The van der Waals surface area contributed by atoms with Gasteiger partial charge in [-0.3, -0.25) is 4.72 Å². The van der Waals surface area contributed by atoms with E-state index in [2.05, 4.69) is 10.0 Å². The van der Waals surface area contributed by atoms with Gasteiger partial charge in [0.25, 0.3) is 0 Å². The van der Waals surface area contributed by atoms with E-state index in [9.17, 15) is 8.42 Å². The molecule has 0 saturated carbocycles. The highest BCUT2D eigenvalue weighted by Gasteiger charge is 2.11. The first-order chi connectivity index (χ1) is 10.0. The van der Waals surface area contributed by atoms with Crippen LogP contribution >= 0.6 is 0 Å². The van der Waals surface area contributed by atoms with E-state index in [1.54, 1.807) is 55.6 Å². The lowest BCUT2D eigenvalue weighted by Gasteiger charge is -2.09. The lowest BCUT2D eigenvalue weighted by molar-refractivity contribution is 0.600. The number of hydrogen-bond donors (Lipinski definition) is 2. The molecular formula is C15H15N3O2S. The highest BCUT2D eigenvalue weighted by atomic mass is 32.2. The minimum absolute atomic E-state index is 0.132. The van der Waals surface area contributed by atoms with E-state index in [0.29, 0.717) is 16.8 Å². The quantitative estimate of drug-likeness (QED) is 0.889. The summed E-state index contributed by atoms with van der Waals surface area (Å²) >= 11 is 0. The van der Waals surface area contributed by atoms with Gasteiger partial charge >= 0.3 is 0 Å². The molecule has 0 amide bonds. The Hall–Kier alpha value is -2.52. The fraction of sp³-hybridized carbons (Fsp3) is 0.133. The Morgan fingerprint density at radius 2 is 1.57 bits per heavy atom. The molecule has 0 aliphatic carbocycles. The van der Waals surface area contributed by atoms with Crippen molar-refractivity contribution in [3.05, 3.63) is 59.7 Å². The van der Waals surface area contributed by atoms with E-state index >= 15 is 0 Å². The van der Waals surface area contributed by atoms with Gasteiger partial charge in [0.1, 0.15) is 0 Å². The van der Waals surface area contributed by atoms with Crippen molar-refractivity contribution < 1.29 is 8.42 Å². The molecule has 6 heteroatoms. The molecule has 0 aliphatic rings. The number of nitrogens with zero attached hydrogens (tertiary/aromatic N) is 1. The number of anilines is 2. The van der Waals surface area contributed by atoms with Gasteiger partial charge in [-0.25, -0.2) is 8.42 Å². The predicted octanol–water partition coefficient (Wildman–Crippen LogP) is 2.54. The van der Waals surface area contributed by atoms with Crippen LogP contribution in [0, 0.1) is 11.3 Å². The zero-order chi connectivity index (χ0) is 15.3. The second-order valence-electron chi connectivity index (χ2n) is 4.50. The lowest BCUT2D eigenvalue weighted by atomic mass is 10.2. The van der Waals surface area contributed by atoms with Gasteiger partial charge in [0.2, 0.25) is 10.0 Å². The number of nitrogens with one attached hydrogen (secondary N) is 2. The summed E-state index contributed by atoms with van der Waals surface area (Å²) in [5.41, 5.74) is 2.56. The summed E-state index contributed by atoms with van der Waals surface area (Å²) in [6.45, 7) is 0. The van der Waals surface area contributed by atoms with Crippen molar-refractivity contribution >= 4 is 21.4 Å². The van der Waals surface area contributed by atoms with Crippen molar-refractivity contribution in [2.24, 2.45) is 0 Å². The van der Waals surface area contributed by atoms with Crippen LogP contribution in [0.5, 0.6) is 0 Å². The summed E-state index contributed by atoms with van der Waals surface area (Å²) in [6, 6.07) is 15.5. The van der Waals surface area contributed by atoms with Crippen LogP contribution in [0.15, 0.2) is 48.5 Å². The van der Waals surface area contributed by atoms with Crippen molar-refractivity contribution in [2.75, 3.05) is 17.1 Å². The standard InChI is InChI=1S/C15H15N3O2S/c1-17-14-6-8-15(9-7-14)18-21(19,20)11-13-4-2-12(10-16)3-5-13/h2-9,17-18H,11H2,1H3. The highest BCUT2D eigenvalue weighted by molar-refractivity contribution is 7.91. The van der Waals surface area contributed by atoms with E-state index in [1.165, 1.54) is 0 Å². The number of nitriles is 1. The molecule has 21 heavy (non-hydrogen) atoms. The van der Waals surface area contributed by atoms with E-state index < -0.39 is 10.0 Å². The molecule has 0 aromatic heterocycles. The van der Waals surface area contributed by atoms with Crippen LogP contribution in [0.3, 0.4) is 0 Å². The Kier molecular flexibility index (Phi) is 4.45. The first kappa shape index (κ1) is 14.9. The third kappa shape index (κ3) is 4.23. The summed E-state index contributed by atoms with van der Waals surface area (Å²) in [6.07, 6.45) is 0. The topological polar surface area (TPSA) is 82.0 Å². The molecule has 0 aliphatic heterocycles. The van der Waals surface area contributed by atoms with Crippen molar-refractivity contribution in [1.29, 1.82) is 5.26 Å². The Balaban J connectivity index is 2.08. The Bertz CT molecular complexity index is 745. The second kappa shape index (κ2) is 6.29. The fourth-order valence-corrected chi connectivity index (χ4v) is 3.01. The average Bonchev–Trinajstić information content (AvgIpc) is 2.48. The molecule has 0 radical (unpaired) electrons. The maximum absolute atomic E-state index is 12.1. The van der Waals surface area contributed by atoms with Crippen LogP contribution in [0.1, 0.15) is 11.1 Å². The Morgan fingerprint density at radius 3 is 2.10 bits per heavy atom. The van der Waals surface area contributed by atoms with Gasteiger partial charge in [0.05, 0.1) is 17.4 Å². The molecule has 0 fully saturated rings. The minimum atomic E-state index is -3.48. The average molecular weight is 301 g/mol. The zero-order valence-corrected chi connectivity index (χ0v) is 12.3. The maximum atomic E-state index is 12.1. The van der Waals surface area contributed by atoms with E-state index in [1.807, 2.05) is 6.07 Å². The lowest BCUT2D eigenvalue weighted by Crippen LogP contribution is -2.15. The third-order valence-electron chi connectivity index (χ3n) is 2.89. The molecule has 0 unspecified atom stereocenters. The van der Waals surface area contributed by atoms with Gasteiger partial charge in [0, 0.05) is 18.4 Å². The van der Waals surface area contributed by atoms with Crippen LogP contribution in [0.4, 0.5) is 11.4 Å². The first-order valence-electron chi connectivity index (χ1n) is 6.30. The van der Waals surface area contributed by atoms with Crippen molar-refractivity contribution in [2.45, 2.75) is 5.75 Å². The SMILES string of the molecule is CNc1ccc(NS(=O)(=O)Cc2ccc(C#N)cc2)cc1. The Labute approximate surface area is 124 Å². The molecular weight excluding hydrogens is 286 g/mol. The van der Waals surface area contributed by atoms with Crippen molar-refractivity contribution in [3.63, 3.8) is 0 Å². The van der Waals surface area contributed by atoms with Gasteiger partial charge in [-0.2, -0.15) is 5.26 Å². The van der Waals surface area contributed by atoms with Gasteiger partial charge < -0.3 is 5.32 Å². The summed E-state index contributed by atoms with van der Waals surface area (Å²) in [5, 5.41) is 11.7. The second-order valence-corrected chi connectivity index (χ2v) is 6.22. The Morgan fingerprint density at radius 1 is 1.00 bits per heavy atom. The monoisotopic (exact) mass is 301 g/mol. The van der Waals surface area contributed by atoms with E-state index in [-0.39, 0.29) is 5.75 Å². The number of sulfonamides is 1. The number of hydrogen-bond acceptors (Lipinski definition) is 4. The molecule has 0 atom stereocenters. The molecule has 0 heterocycles. The third-order valence-corrected chi connectivity index (χ3v) is 4.15. The summed E-state index contributed by atoms with van der Waals surface area (Å²) < 4.78 is 26.7. The zero-order valence-electron chi connectivity index (χ0n) is 11.5. The van der Waals surface area contributed by atoms with E-state index in [0.717, 1.165) is 5.69 Å². The van der Waals surface area contributed by atoms with Gasteiger partial charge in [-0.1, -0.05) is 12.1 Å². The van der Waals surface area contributed by atoms with Crippen LogP contribution in [0.2, 0.25) is 0 Å². The summed E-state index contributed by atoms with van der Waals surface area (Å²) in [7, 11) is -1.68. The molecule has 108 valence electrons. The van der Waals surface area contributed by atoms with Gasteiger partial charge in [-0.15, -0.1) is 0 Å². The van der Waals surface area contributed by atoms with Crippen molar-refractivity contribution in [1.82, 2.24) is 0 Å². The van der Waals surface area contributed by atoms with Gasteiger partial charge in [-0.05, 0) is 42.0 Å². The molecule has 2 aromatic carbocycles. The number of rotatable bonds is 5. The largest absolute Gasteiger partial charge is 0.388 e. The minimum Gasteiger partial charge on any atom is -0.388 e. The highest BCUT2D eigenvalue weighted by Crippen LogP contribution is 2.16. The molecule has 0 bridgehead atoms. The maximum Gasteiger partial charge on any atom is 0.236 e. The molecule has 2 aromatic rings. The summed E-state index contributed by atoms with van der Waals surface area (Å²) in [4.78, 5) is 0. The molecule has 2 rings (SSSR count). The fourth-order valence-electron chi connectivity index (χ4n) is 1.82. The smallest absolute Gasteiger partial charge is 0.236 e. The molecule has 2 N–H and O–H groups in total. The molecule has 0 saturated heterocycles. The predicted molar refractivity (Wildman–Crippen MR) is 83.4 cm³/mol. The van der Waals surface area contributed by atoms with Gasteiger partial charge in [0.15, 0.2) is 0 Å². The van der Waals surface area contributed by atoms with Crippen LogP contribution in [-0.4, -0.2) is 15.5 Å². The van der Waals surface area contributed by atoms with Crippen LogP contribution in [0.25, 0.3) is 0 Å². The van der Waals surface area contributed by atoms with Crippen LogP contribution < -0.4 is 10.0 Å². The molecule has 5 nitrogen and oxygen atoms in total. The van der Waals surface area contributed by atoms with E-state index in [4.69, 9.17) is 5.26 Å².